The Morgan fingerprint density at radius 1 is 0.426 bits per heavy atom. The van der Waals surface area contributed by atoms with Gasteiger partial charge in [-0.25, -0.2) is 4.79 Å². The quantitative estimate of drug-likeness (QED) is 0.0166. The minimum absolute atomic E-state index is 0.0236. The van der Waals surface area contributed by atoms with Crippen LogP contribution in [-0.4, -0.2) is 207 Å². The predicted molar refractivity (Wildman–Crippen MR) is 340 cm³/mol. The smallest absolute Gasteiger partial charge is 0.326 e. The summed E-state index contributed by atoms with van der Waals surface area (Å²) in [4.78, 5) is 188. The summed E-state index contributed by atoms with van der Waals surface area (Å²) < 4.78 is 0. The molecule has 0 radical (unpaired) electrons. The monoisotopic (exact) mass is 1330 g/mol. The highest BCUT2D eigenvalue weighted by Crippen LogP contribution is 2.20. The second-order valence-electron chi connectivity index (χ2n) is 21.8. The van der Waals surface area contributed by atoms with Gasteiger partial charge in [-0.15, -0.1) is 0 Å². The molecule has 2 rings (SSSR count). The molecule has 0 unspecified atom stereocenters. The summed E-state index contributed by atoms with van der Waals surface area (Å²) in [7, 11) is 0. The van der Waals surface area contributed by atoms with E-state index in [1.165, 1.54) is 6.92 Å². The Morgan fingerprint density at radius 2 is 0.745 bits per heavy atom. The maximum Gasteiger partial charge on any atom is 0.326 e. The number of aliphatic imine (C=N–C) groups is 3. The van der Waals surface area contributed by atoms with E-state index < -0.39 is 176 Å². The number of aliphatic carboxylic acids is 4. The van der Waals surface area contributed by atoms with E-state index in [2.05, 4.69) is 67.8 Å². The van der Waals surface area contributed by atoms with Crippen molar-refractivity contribution in [3.05, 3.63) is 36.0 Å². The summed E-state index contributed by atoms with van der Waals surface area (Å²) >= 11 is 0. The van der Waals surface area contributed by atoms with Gasteiger partial charge in [-0.1, -0.05) is 18.2 Å². The van der Waals surface area contributed by atoms with Crippen LogP contribution in [0.15, 0.2) is 45.4 Å². The van der Waals surface area contributed by atoms with E-state index in [9.17, 15) is 82.8 Å². The zero-order valence-corrected chi connectivity index (χ0v) is 52.4. The fraction of sp³-hybridized carbons (Fsp3) is 0.571. The lowest BCUT2D eigenvalue weighted by Gasteiger charge is -2.27. The van der Waals surface area contributed by atoms with Crippen LogP contribution in [0, 0.1) is 0 Å². The van der Waals surface area contributed by atoms with Crippen LogP contribution in [0.1, 0.15) is 116 Å². The number of carbonyl (C=O) groups is 13. The number of amides is 9. The van der Waals surface area contributed by atoms with Gasteiger partial charge in [0.1, 0.15) is 54.4 Å². The average Bonchev–Trinajstić information content (AvgIpc) is 1.65. The number of guanidine groups is 3. The van der Waals surface area contributed by atoms with Gasteiger partial charge in [-0.3, -0.25) is 72.5 Å². The molecule has 1 aromatic carbocycles. The predicted octanol–water partition coefficient (Wildman–Crippen LogP) is -6.59. The number of fused-ring (bicyclic) bond motifs is 1. The molecule has 9 amide bonds. The molecule has 38 nitrogen and oxygen atoms in total. The number of rotatable bonds is 46. The number of H-pyrrole nitrogens is 1. The molecule has 0 aliphatic rings. The summed E-state index contributed by atoms with van der Waals surface area (Å²) in [5.74, 6) is -15.8. The molecule has 10 atom stereocenters. The summed E-state index contributed by atoms with van der Waals surface area (Å²) in [6.07, 6.45) is -2.61. The van der Waals surface area contributed by atoms with Crippen molar-refractivity contribution in [1.82, 2.24) is 52.8 Å². The van der Waals surface area contributed by atoms with Gasteiger partial charge in [0, 0.05) is 62.4 Å². The van der Waals surface area contributed by atoms with Crippen molar-refractivity contribution in [2.24, 2.45) is 60.8 Å². The van der Waals surface area contributed by atoms with Gasteiger partial charge < -0.3 is 119 Å². The number of nitrogens with one attached hydrogen (secondary N) is 10. The number of carboxylic acids is 4. The van der Waals surface area contributed by atoms with Gasteiger partial charge in [0.15, 0.2) is 17.9 Å². The number of nitrogens with zero attached hydrogens (tertiary/aromatic N) is 3. The Morgan fingerprint density at radius 3 is 1.09 bits per heavy atom. The average molecular weight is 1330 g/mol. The van der Waals surface area contributed by atoms with Crippen LogP contribution in [0.2, 0.25) is 0 Å². The maximum atomic E-state index is 14.3. The third-order valence-corrected chi connectivity index (χ3v) is 14.0. The van der Waals surface area contributed by atoms with Crippen LogP contribution < -0.4 is 93.7 Å². The molecule has 30 N–H and O–H groups in total. The highest BCUT2D eigenvalue weighted by Gasteiger charge is 2.36. The summed E-state index contributed by atoms with van der Waals surface area (Å²) in [6, 6.07) is -8.44. The SMILES string of the molecule is C[C@H](N)C(=O)N[C@@H](CCC(=O)O)C(=O)N[C@@H](CCCN=C(N)N)C(=O)N[C@@H](CCCCN)C(=O)N[C@@H](C)C(=O)N[C@@H](CCC(=O)O)C(=O)N[C@@H](CCC(=O)O)C(=O)N[C@@H](CCCN=C(N)N)C(=O)N[C@@H](CCCN=C(N)N)C(=O)N[C@@H](Cc1c[nH]c2ccccc12)C(=O)O. The number of carboxylic acid groups (broad SMARTS) is 4. The van der Waals surface area contributed by atoms with Crippen LogP contribution in [0.4, 0.5) is 0 Å². The number of para-hydroxylation sites is 1. The van der Waals surface area contributed by atoms with E-state index in [0.29, 0.717) is 22.9 Å². The lowest BCUT2D eigenvalue weighted by atomic mass is 10.0. The van der Waals surface area contributed by atoms with Crippen molar-refractivity contribution in [2.45, 2.75) is 177 Å². The summed E-state index contributed by atoms with van der Waals surface area (Å²) in [6.45, 7) is 2.45. The van der Waals surface area contributed by atoms with Gasteiger partial charge in [0.25, 0.3) is 0 Å². The van der Waals surface area contributed by atoms with Crippen molar-refractivity contribution in [1.29, 1.82) is 0 Å². The molecule has 0 saturated carbocycles. The van der Waals surface area contributed by atoms with Crippen molar-refractivity contribution < 1.29 is 82.8 Å². The topological polar surface area (TPSA) is 672 Å². The molecule has 94 heavy (non-hydrogen) atoms. The van der Waals surface area contributed by atoms with E-state index in [4.69, 9.17) is 45.9 Å². The van der Waals surface area contributed by atoms with Gasteiger partial charge in [0.05, 0.1) is 6.04 Å². The Kier molecular flexibility index (Phi) is 35.5. The van der Waals surface area contributed by atoms with Crippen LogP contribution >= 0.6 is 0 Å². The molecule has 0 fully saturated rings. The molecule has 522 valence electrons. The highest BCUT2D eigenvalue weighted by molar-refractivity contribution is 5.99. The number of benzene rings is 1. The Bertz CT molecular complexity index is 3020. The van der Waals surface area contributed by atoms with Gasteiger partial charge >= 0.3 is 23.9 Å². The standard InChI is InChI=1S/C56H91N21O17/c1-28(58)44(84)70-37(16-19-41(78)79)50(90)74-34(13-7-23-65-54(59)60)47(87)72-33(12-5-6-22-57)46(86)69-29(2)45(85)71-38(17-20-42(80)81)51(91)76-39(18-21-43(82)83)52(92)75-35(14-8-24-66-55(61)62)48(88)73-36(15-9-25-67-56(63)64)49(89)77-40(53(93)94)26-30-27-68-32-11-4-3-10-31(30)32/h3-4,10-11,27-29,33-40,68H,5-9,12-26,57-58H2,1-2H3,(H,69,86)(H,70,84)(H,71,85)(H,72,87)(H,73,88)(H,74,90)(H,75,92)(H,76,91)(H,77,89)(H,78,79)(H,80,81)(H,82,83)(H,93,94)(H4,59,60,65)(H4,61,62,66)(H4,63,64,67)/t28-,29-,33-,34-,35-,36-,37-,38-,39-,40-/m0/s1. The molecular weight excluding hydrogens is 1240 g/mol. The molecule has 2 aromatic rings. The first-order chi connectivity index (χ1) is 44.3. The number of aromatic amines is 1. The number of nitrogens with two attached hydrogens (primary N) is 8. The van der Waals surface area contributed by atoms with Gasteiger partial charge in [-0.2, -0.15) is 0 Å². The first-order valence-electron chi connectivity index (χ1n) is 30.1. The lowest BCUT2D eigenvalue weighted by molar-refractivity contribution is -0.142. The third kappa shape index (κ3) is 31.1. The van der Waals surface area contributed by atoms with Gasteiger partial charge in [0.2, 0.25) is 53.2 Å². The zero-order chi connectivity index (χ0) is 70.6. The summed E-state index contributed by atoms with van der Waals surface area (Å²) in [5, 5.41) is 61.4. The molecule has 0 aliphatic heterocycles. The molecule has 38 heteroatoms. The van der Waals surface area contributed by atoms with Crippen molar-refractivity contribution >= 4 is 106 Å². The molecular formula is C56H91N21O17. The van der Waals surface area contributed by atoms with E-state index in [1.807, 2.05) is 0 Å². The van der Waals surface area contributed by atoms with E-state index in [-0.39, 0.29) is 102 Å². The second-order valence-corrected chi connectivity index (χ2v) is 21.8. The molecule has 0 bridgehead atoms. The van der Waals surface area contributed by atoms with Gasteiger partial charge in [-0.05, 0) is 109 Å². The van der Waals surface area contributed by atoms with E-state index in [1.54, 1.807) is 30.5 Å². The second kappa shape index (κ2) is 41.9. The minimum Gasteiger partial charge on any atom is -0.481 e. The number of hydrogen-bond donors (Lipinski definition) is 22. The van der Waals surface area contributed by atoms with Crippen molar-refractivity contribution in [3.63, 3.8) is 0 Å². The normalized spacial score (nSPS) is 14.1. The molecule has 0 spiro atoms. The van der Waals surface area contributed by atoms with E-state index >= 15 is 0 Å². The zero-order valence-electron chi connectivity index (χ0n) is 52.4. The Labute approximate surface area is 539 Å². The number of hydrogen-bond acceptors (Lipinski definition) is 18. The number of carbonyl (C=O) groups excluding carboxylic acids is 9. The first kappa shape index (κ1) is 79.7. The number of unbranched alkanes of at least 4 members (excludes halogenated alkanes) is 1. The Balaban J connectivity index is 2.50. The third-order valence-electron chi connectivity index (χ3n) is 14.0. The largest absolute Gasteiger partial charge is 0.481 e. The molecule has 1 aromatic heterocycles. The fourth-order valence-corrected chi connectivity index (χ4v) is 9.02. The summed E-state index contributed by atoms with van der Waals surface area (Å²) in [5.41, 5.74) is 45.5. The molecule has 0 aliphatic carbocycles. The van der Waals surface area contributed by atoms with Crippen molar-refractivity contribution in [2.75, 3.05) is 26.2 Å². The molecule has 1 heterocycles. The van der Waals surface area contributed by atoms with E-state index in [0.717, 1.165) is 6.92 Å². The van der Waals surface area contributed by atoms with Crippen LogP contribution in [0.3, 0.4) is 0 Å². The highest BCUT2D eigenvalue weighted by atomic mass is 16.4. The van der Waals surface area contributed by atoms with Crippen LogP contribution in [0.25, 0.3) is 10.9 Å². The van der Waals surface area contributed by atoms with Crippen LogP contribution in [-0.2, 0) is 68.7 Å². The van der Waals surface area contributed by atoms with Crippen molar-refractivity contribution in [3.8, 4) is 0 Å². The lowest BCUT2D eigenvalue weighted by Crippen LogP contribution is -2.60. The molecule has 0 saturated heterocycles. The fourth-order valence-electron chi connectivity index (χ4n) is 9.02. The first-order valence-corrected chi connectivity index (χ1v) is 30.1. The van der Waals surface area contributed by atoms with Crippen LogP contribution in [0.5, 0.6) is 0 Å². The Hall–Kier alpha value is -10.4. The minimum atomic E-state index is -1.85. The maximum absolute atomic E-state index is 14.3. The number of aromatic nitrogens is 1.